The second kappa shape index (κ2) is 7.42. The van der Waals surface area contributed by atoms with Crippen molar-refractivity contribution in [2.75, 3.05) is 13.7 Å². The number of para-hydroxylation sites is 1. The van der Waals surface area contributed by atoms with Crippen LogP contribution in [0, 0.1) is 0 Å². The van der Waals surface area contributed by atoms with Crippen molar-refractivity contribution in [2.24, 2.45) is 0 Å². The summed E-state index contributed by atoms with van der Waals surface area (Å²) in [6, 6.07) is 7.39. The van der Waals surface area contributed by atoms with Gasteiger partial charge in [-0.25, -0.2) is 0 Å². The number of benzene rings is 1. The van der Waals surface area contributed by atoms with Crippen molar-refractivity contribution < 1.29 is 19.4 Å². The Bertz CT molecular complexity index is 642. The summed E-state index contributed by atoms with van der Waals surface area (Å²) < 4.78 is 5.71. The van der Waals surface area contributed by atoms with E-state index in [2.05, 4.69) is 0 Å². The Kier molecular flexibility index (Phi) is 5.57. The summed E-state index contributed by atoms with van der Waals surface area (Å²) in [5.41, 5.74) is 0.802. The van der Waals surface area contributed by atoms with Crippen LogP contribution in [0.5, 0.6) is 5.75 Å². The van der Waals surface area contributed by atoms with Crippen molar-refractivity contribution in [3.05, 3.63) is 34.7 Å². The monoisotopic (exact) mass is 337 g/mol. The van der Waals surface area contributed by atoms with Gasteiger partial charge in [0, 0.05) is 18.5 Å². The topological polar surface area (TPSA) is 66.8 Å². The molecule has 0 spiro atoms. The van der Waals surface area contributed by atoms with Gasteiger partial charge in [0.1, 0.15) is 10.1 Å². The molecule has 5 nitrogen and oxygen atoms in total. The number of hydrogen-bond donors (Lipinski definition) is 1. The first kappa shape index (κ1) is 16.5. The second-order valence-corrected chi connectivity index (χ2v) is 6.25. The summed E-state index contributed by atoms with van der Waals surface area (Å²) >= 11 is 6.42. The molecule has 0 atom stereocenters. The van der Waals surface area contributed by atoms with E-state index >= 15 is 0 Å². The summed E-state index contributed by atoms with van der Waals surface area (Å²) in [6.07, 6.45) is 2.14. The molecule has 1 aliphatic rings. The number of aliphatic carboxylic acids is 1. The lowest BCUT2D eigenvalue weighted by molar-refractivity contribution is -0.137. The van der Waals surface area contributed by atoms with E-state index in [1.165, 1.54) is 16.7 Å². The molecule has 0 radical (unpaired) electrons. The summed E-state index contributed by atoms with van der Waals surface area (Å²) in [5.74, 6) is -0.389. The molecule has 1 fully saturated rings. The molecular formula is C15H15NO4S2. The number of amides is 1. The van der Waals surface area contributed by atoms with Gasteiger partial charge in [0.05, 0.1) is 12.0 Å². The number of carbonyl (C=O) groups is 2. The number of carbonyl (C=O) groups excluding carboxylic acids is 1. The minimum Gasteiger partial charge on any atom is -0.496 e. The second-order valence-electron chi connectivity index (χ2n) is 4.57. The third-order valence-electron chi connectivity index (χ3n) is 3.07. The molecule has 0 aromatic heterocycles. The zero-order valence-electron chi connectivity index (χ0n) is 11.9. The maximum atomic E-state index is 12.4. The summed E-state index contributed by atoms with van der Waals surface area (Å²) in [6.45, 7) is 0.320. The van der Waals surface area contributed by atoms with E-state index in [9.17, 15) is 9.59 Å². The van der Waals surface area contributed by atoms with Crippen LogP contribution in [-0.2, 0) is 9.59 Å². The predicted molar refractivity (Wildman–Crippen MR) is 89.7 cm³/mol. The minimum absolute atomic E-state index is 0.0165. The quantitative estimate of drug-likeness (QED) is 0.636. The van der Waals surface area contributed by atoms with Crippen LogP contribution in [0.1, 0.15) is 18.4 Å². The lowest BCUT2D eigenvalue weighted by atomic mass is 10.2. The van der Waals surface area contributed by atoms with Gasteiger partial charge >= 0.3 is 5.97 Å². The SMILES string of the molecule is COc1ccccc1/C=C1/SC(=S)N(CCCC(=O)O)C1=O. The van der Waals surface area contributed by atoms with Crippen molar-refractivity contribution in [1.82, 2.24) is 4.90 Å². The van der Waals surface area contributed by atoms with Gasteiger partial charge in [-0.1, -0.05) is 42.2 Å². The molecule has 0 bridgehead atoms. The number of methoxy groups -OCH3 is 1. The highest BCUT2D eigenvalue weighted by atomic mass is 32.2. The Morgan fingerprint density at radius 2 is 2.18 bits per heavy atom. The van der Waals surface area contributed by atoms with Crippen LogP contribution in [0.25, 0.3) is 6.08 Å². The summed E-state index contributed by atoms with van der Waals surface area (Å²) in [4.78, 5) is 24.9. The summed E-state index contributed by atoms with van der Waals surface area (Å²) in [5, 5.41) is 8.66. The largest absolute Gasteiger partial charge is 0.496 e. The predicted octanol–water partition coefficient (Wildman–Crippen LogP) is 2.76. The van der Waals surface area contributed by atoms with Crippen LogP contribution in [0.2, 0.25) is 0 Å². The number of carboxylic acid groups (broad SMARTS) is 1. The van der Waals surface area contributed by atoms with Crippen molar-refractivity contribution in [1.29, 1.82) is 0 Å². The molecule has 0 unspecified atom stereocenters. The molecule has 0 aliphatic carbocycles. The van der Waals surface area contributed by atoms with Crippen molar-refractivity contribution in [3.63, 3.8) is 0 Å². The van der Waals surface area contributed by atoms with Gasteiger partial charge in [-0.3, -0.25) is 14.5 Å². The first-order valence-electron chi connectivity index (χ1n) is 6.63. The number of ether oxygens (including phenoxy) is 1. The molecule has 0 saturated carbocycles. The Morgan fingerprint density at radius 3 is 2.86 bits per heavy atom. The van der Waals surface area contributed by atoms with Crippen LogP contribution in [0.4, 0.5) is 0 Å². The van der Waals surface area contributed by atoms with Crippen LogP contribution >= 0.6 is 24.0 Å². The van der Waals surface area contributed by atoms with Gasteiger partial charge in [-0.15, -0.1) is 0 Å². The van der Waals surface area contributed by atoms with E-state index in [4.69, 9.17) is 22.1 Å². The normalized spacial score (nSPS) is 16.4. The van der Waals surface area contributed by atoms with E-state index in [1.807, 2.05) is 24.3 Å². The first-order chi connectivity index (χ1) is 10.5. The molecule has 1 saturated heterocycles. The van der Waals surface area contributed by atoms with Crippen LogP contribution in [-0.4, -0.2) is 39.9 Å². The third kappa shape index (κ3) is 3.86. The Hall–Kier alpha value is -1.86. The fourth-order valence-electron chi connectivity index (χ4n) is 2.01. The number of carboxylic acids is 1. The van der Waals surface area contributed by atoms with E-state index in [0.29, 0.717) is 27.9 Å². The molecule has 1 aromatic carbocycles. The maximum absolute atomic E-state index is 12.4. The van der Waals surface area contributed by atoms with Gasteiger partial charge in [-0.2, -0.15) is 0 Å². The lowest BCUT2D eigenvalue weighted by Crippen LogP contribution is -2.29. The number of rotatable bonds is 6. The molecule has 2 rings (SSSR count). The molecule has 116 valence electrons. The van der Waals surface area contributed by atoms with E-state index in [1.54, 1.807) is 13.2 Å². The third-order valence-corrected chi connectivity index (χ3v) is 4.45. The molecule has 7 heteroatoms. The zero-order valence-corrected chi connectivity index (χ0v) is 13.6. The Morgan fingerprint density at radius 1 is 1.45 bits per heavy atom. The zero-order chi connectivity index (χ0) is 16.1. The van der Waals surface area contributed by atoms with Crippen molar-refractivity contribution in [3.8, 4) is 5.75 Å². The average Bonchev–Trinajstić information content (AvgIpc) is 2.75. The number of thiocarbonyl (C=S) groups is 1. The molecule has 1 amide bonds. The van der Waals surface area contributed by atoms with Gasteiger partial charge in [0.2, 0.25) is 0 Å². The standard InChI is InChI=1S/C15H15NO4S2/c1-20-11-6-3-2-5-10(11)9-12-14(19)16(15(21)22-12)8-4-7-13(17)18/h2-3,5-6,9H,4,7-8H2,1H3,(H,17,18)/b12-9+. The average molecular weight is 337 g/mol. The minimum atomic E-state index is -0.880. The lowest BCUT2D eigenvalue weighted by Gasteiger charge is -2.13. The van der Waals surface area contributed by atoms with Gasteiger partial charge in [0.25, 0.3) is 5.91 Å². The maximum Gasteiger partial charge on any atom is 0.303 e. The molecule has 1 aliphatic heterocycles. The van der Waals surface area contributed by atoms with Crippen LogP contribution in [0.3, 0.4) is 0 Å². The number of thioether (sulfide) groups is 1. The highest BCUT2D eigenvalue weighted by Crippen LogP contribution is 2.34. The Labute approximate surface area is 137 Å². The van der Waals surface area contributed by atoms with Gasteiger partial charge < -0.3 is 9.84 Å². The summed E-state index contributed by atoms with van der Waals surface area (Å²) in [7, 11) is 1.57. The molecule has 1 aromatic rings. The van der Waals surface area contributed by atoms with E-state index < -0.39 is 5.97 Å². The molecule has 1 heterocycles. The molecule has 1 N–H and O–H groups in total. The number of nitrogens with zero attached hydrogens (tertiary/aromatic N) is 1. The highest BCUT2D eigenvalue weighted by molar-refractivity contribution is 8.26. The fourth-order valence-corrected chi connectivity index (χ4v) is 3.31. The highest BCUT2D eigenvalue weighted by Gasteiger charge is 2.31. The Balaban J connectivity index is 2.13. The van der Waals surface area contributed by atoms with Crippen LogP contribution < -0.4 is 4.74 Å². The fraction of sp³-hybridized carbons (Fsp3) is 0.267. The van der Waals surface area contributed by atoms with Crippen molar-refractivity contribution in [2.45, 2.75) is 12.8 Å². The van der Waals surface area contributed by atoms with Crippen molar-refractivity contribution >= 4 is 46.3 Å². The first-order valence-corrected chi connectivity index (χ1v) is 7.85. The van der Waals surface area contributed by atoms with Gasteiger partial charge in [-0.05, 0) is 18.6 Å². The van der Waals surface area contributed by atoms with Crippen LogP contribution in [0.15, 0.2) is 29.2 Å². The van der Waals surface area contributed by atoms with E-state index in [-0.39, 0.29) is 12.3 Å². The number of hydrogen-bond acceptors (Lipinski definition) is 5. The molecular weight excluding hydrogens is 322 g/mol. The van der Waals surface area contributed by atoms with Gasteiger partial charge in [0.15, 0.2) is 0 Å². The smallest absolute Gasteiger partial charge is 0.303 e. The van der Waals surface area contributed by atoms with E-state index in [0.717, 1.165) is 5.56 Å². The molecule has 22 heavy (non-hydrogen) atoms.